The number of fused-ring (bicyclic) bond motifs is 1. The van der Waals surface area contributed by atoms with Gasteiger partial charge in [-0.15, -0.1) is 0 Å². The third-order valence-corrected chi connectivity index (χ3v) is 6.90. The Labute approximate surface area is 195 Å². The number of benzene rings is 2. The van der Waals surface area contributed by atoms with E-state index in [0.717, 1.165) is 33.8 Å². The van der Waals surface area contributed by atoms with E-state index >= 15 is 0 Å². The van der Waals surface area contributed by atoms with E-state index in [1.807, 2.05) is 30.3 Å². The summed E-state index contributed by atoms with van der Waals surface area (Å²) in [6.07, 6.45) is -2.05. The van der Waals surface area contributed by atoms with Gasteiger partial charge in [-0.25, -0.2) is 18.2 Å². The molecular formula is C21H16F3N3O5S2. The van der Waals surface area contributed by atoms with Crippen molar-refractivity contribution >= 4 is 38.2 Å². The average molecular weight is 512 g/mol. The van der Waals surface area contributed by atoms with E-state index in [9.17, 15) is 21.6 Å². The number of pyridine rings is 1. The summed E-state index contributed by atoms with van der Waals surface area (Å²) in [6.45, 7) is 0. The van der Waals surface area contributed by atoms with E-state index in [4.69, 9.17) is 14.6 Å². The number of carbonyl (C=O) groups is 1. The zero-order chi connectivity index (χ0) is 24.9. The molecule has 0 aliphatic heterocycles. The highest BCUT2D eigenvalue weighted by Gasteiger charge is 2.38. The standard InChI is InChI=1S/C19H15N3O3S2.C2HF3O2/c1-25-18-5-3-2-4-16(18)14-8-9-20-17-10-13(6-7-15(14)17)27(23,24)11-19-21-12-22-26-19;3-2(4,5)1(6)7/h2-10,12H,11H2,1H3;(H,6,7). The van der Waals surface area contributed by atoms with Crippen LogP contribution in [0.3, 0.4) is 0 Å². The first-order chi connectivity index (χ1) is 16.0. The molecule has 2 heterocycles. The van der Waals surface area contributed by atoms with Crippen LogP contribution in [-0.4, -0.2) is 47.1 Å². The second-order valence-corrected chi connectivity index (χ2v) is 9.49. The van der Waals surface area contributed by atoms with Gasteiger partial charge in [0.1, 0.15) is 22.8 Å². The van der Waals surface area contributed by atoms with Gasteiger partial charge in [-0.05, 0) is 41.4 Å². The van der Waals surface area contributed by atoms with Gasteiger partial charge in [-0.1, -0.05) is 24.3 Å². The van der Waals surface area contributed by atoms with Gasteiger partial charge >= 0.3 is 12.1 Å². The van der Waals surface area contributed by atoms with Gasteiger partial charge in [0.2, 0.25) is 0 Å². The Hall–Kier alpha value is -3.58. The van der Waals surface area contributed by atoms with Gasteiger partial charge in [0, 0.05) is 17.1 Å². The minimum Gasteiger partial charge on any atom is -0.496 e. The second-order valence-electron chi connectivity index (χ2n) is 6.63. The minimum atomic E-state index is -5.08. The number of hydrogen-bond donors (Lipinski definition) is 1. The van der Waals surface area contributed by atoms with Crippen molar-refractivity contribution in [2.75, 3.05) is 7.11 Å². The van der Waals surface area contributed by atoms with Crippen LogP contribution in [0.4, 0.5) is 13.2 Å². The summed E-state index contributed by atoms with van der Waals surface area (Å²) in [5, 5.41) is 8.45. The molecule has 0 saturated heterocycles. The lowest BCUT2D eigenvalue weighted by atomic mass is 10.0. The number of methoxy groups -OCH3 is 1. The molecule has 0 radical (unpaired) electrons. The molecule has 0 aliphatic rings. The monoisotopic (exact) mass is 511 g/mol. The number of sulfone groups is 1. The van der Waals surface area contributed by atoms with Crippen LogP contribution in [0.5, 0.6) is 5.75 Å². The summed E-state index contributed by atoms with van der Waals surface area (Å²) in [5.74, 6) is -2.18. The van der Waals surface area contributed by atoms with Crippen LogP contribution in [0.1, 0.15) is 5.01 Å². The molecule has 0 aliphatic carbocycles. The third kappa shape index (κ3) is 5.85. The molecule has 0 saturated carbocycles. The van der Waals surface area contributed by atoms with Crippen LogP contribution in [-0.2, 0) is 20.4 Å². The minimum absolute atomic E-state index is 0.171. The Bertz CT molecular complexity index is 1410. The molecule has 0 spiro atoms. The van der Waals surface area contributed by atoms with Crippen molar-refractivity contribution < 1.29 is 36.2 Å². The Kier molecular flexibility index (Phi) is 7.47. The number of carboxylic acids is 1. The topological polar surface area (TPSA) is 119 Å². The van der Waals surface area contributed by atoms with Gasteiger partial charge in [0.25, 0.3) is 0 Å². The lowest BCUT2D eigenvalue weighted by Gasteiger charge is -2.11. The van der Waals surface area contributed by atoms with Gasteiger partial charge in [-0.3, -0.25) is 4.98 Å². The van der Waals surface area contributed by atoms with Crippen LogP contribution in [0.2, 0.25) is 0 Å². The van der Waals surface area contributed by atoms with Gasteiger partial charge < -0.3 is 9.84 Å². The zero-order valence-corrected chi connectivity index (χ0v) is 19.0. The van der Waals surface area contributed by atoms with Crippen molar-refractivity contribution in [2.45, 2.75) is 16.8 Å². The molecule has 8 nitrogen and oxygen atoms in total. The molecule has 34 heavy (non-hydrogen) atoms. The summed E-state index contributed by atoms with van der Waals surface area (Å²) in [5.41, 5.74) is 2.47. The molecule has 2 aromatic heterocycles. The van der Waals surface area contributed by atoms with Crippen LogP contribution >= 0.6 is 11.5 Å². The van der Waals surface area contributed by atoms with Crippen LogP contribution in [0, 0.1) is 0 Å². The summed E-state index contributed by atoms with van der Waals surface area (Å²) in [7, 11) is -1.90. The van der Waals surface area contributed by atoms with Crippen LogP contribution in [0.15, 0.2) is 66.0 Å². The van der Waals surface area contributed by atoms with Gasteiger partial charge in [0.05, 0.1) is 17.5 Å². The van der Waals surface area contributed by atoms with Crippen molar-refractivity contribution in [2.24, 2.45) is 0 Å². The highest BCUT2D eigenvalue weighted by atomic mass is 32.2. The maximum absolute atomic E-state index is 12.7. The molecule has 178 valence electrons. The molecule has 4 rings (SSSR count). The number of alkyl halides is 3. The van der Waals surface area contributed by atoms with Crippen LogP contribution in [0.25, 0.3) is 22.0 Å². The number of aliphatic carboxylic acids is 1. The Morgan fingerprint density at radius 1 is 1.09 bits per heavy atom. The first kappa shape index (κ1) is 25.1. The quantitative estimate of drug-likeness (QED) is 0.420. The molecule has 2 aromatic carbocycles. The Morgan fingerprint density at radius 2 is 1.79 bits per heavy atom. The average Bonchev–Trinajstić information content (AvgIpc) is 3.30. The molecule has 4 aromatic rings. The highest BCUT2D eigenvalue weighted by Crippen LogP contribution is 2.35. The predicted octanol–water partition coefficient (Wildman–Crippen LogP) is 4.37. The van der Waals surface area contributed by atoms with Crippen molar-refractivity contribution in [3.05, 3.63) is 66.1 Å². The van der Waals surface area contributed by atoms with Crippen molar-refractivity contribution in [1.82, 2.24) is 14.3 Å². The van der Waals surface area contributed by atoms with E-state index in [-0.39, 0.29) is 10.6 Å². The van der Waals surface area contributed by atoms with E-state index in [1.54, 1.807) is 31.5 Å². The van der Waals surface area contributed by atoms with E-state index < -0.39 is 22.0 Å². The smallest absolute Gasteiger partial charge is 0.490 e. The normalized spacial score (nSPS) is 11.5. The number of halogens is 3. The van der Waals surface area contributed by atoms with E-state index in [2.05, 4.69) is 14.3 Å². The molecule has 0 bridgehead atoms. The second kappa shape index (κ2) is 10.1. The van der Waals surface area contributed by atoms with Gasteiger partial charge in [-0.2, -0.15) is 17.5 Å². The Morgan fingerprint density at radius 3 is 2.41 bits per heavy atom. The summed E-state index contributed by atoms with van der Waals surface area (Å²) in [6, 6.07) is 14.6. The number of carboxylic acid groups (broad SMARTS) is 1. The summed E-state index contributed by atoms with van der Waals surface area (Å²) < 4.78 is 66.4. The number of ether oxygens (including phenoxy) is 1. The SMILES string of the molecule is COc1ccccc1-c1ccnc2cc(S(=O)(=O)Cc3ncns3)ccc12.O=C(O)C(F)(F)F. The fourth-order valence-electron chi connectivity index (χ4n) is 2.93. The van der Waals surface area contributed by atoms with Crippen molar-refractivity contribution in [3.63, 3.8) is 0 Å². The number of aromatic nitrogens is 3. The first-order valence-electron chi connectivity index (χ1n) is 9.33. The fraction of sp³-hybridized carbons (Fsp3) is 0.143. The van der Waals surface area contributed by atoms with E-state index in [1.165, 1.54) is 6.33 Å². The van der Waals surface area contributed by atoms with Gasteiger partial charge in [0.15, 0.2) is 9.84 Å². The number of hydrogen-bond acceptors (Lipinski definition) is 8. The molecule has 1 N–H and O–H groups in total. The lowest BCUT2D eigenvalue weighted by molar-refractivity contribution is -0.192. The lowest BCUT2D eigenvalue weighted by Crippen LogP contribution is -2.21. The molecule has 0 amide bonds. The van der Waals surface area contributed by atoms with Crippen molar-refractivity contribution in [3.8, 4) is 16.9 Å². The van der Waals surface area contributed by atoms with E-state index in [0.29, 0.717) is 10.5 Å². The maximum Gasteiger partial charge on any atom is 0.490 e. The number of rotatable bonds is 5. The number of nitrogens with zero attached hydrogens (tertiary/aromatic N) is 3. The summed E-state index contributed by atoms with van der Waals surface area (Å²) in [4.78, 5) is 17.4. The maximum atomic E-state index is 12.7. The molecule has 0 unspecified atom stereocenters. The van der Waals surface area contributed by atoms with Crippen LogP contribution < -0.4 is 4.74 Å². The molecule has 0 atom stereocenters. The summed E-state index contributed by atoms with van der Waals surface area (Å²) >= 11 is 1.08. The van der Waals surface area contributed by atoms with Crippen molar-refractivity contribution in [1.29, 1.82) is 0 Å². The first-order valence-corrected chi connectivity index (χ1v) is 11.8. The predicted molar refractivity (Wildman–Crippen MR) is 118 cm³/mol. The molecule has 13 heteroatoms. The fourth-order valence-corrected chi connectivity index (χ4v) is 5.05. The Balaban J connectivity index is 0.000000406. The zero-order valence-electron chi connectivity index (χ0n) is 17.4. The number of para-hydroxylation sites is 1. The largest absolute Gasteiger partial charge is 0.496 e. The third-order valence-electron chi connectivity index (χ3n) is 4.43. The highest BCUT2D eigenvalue weighted by molar-refractivity contribution is 7.90. The molecule has 0 fully saturated rings. The molecular weight excluding hydrogens is 495 g/mol.